The number of nitrogens with one attached hydrogen (secondary N) is 1. The molecule has 2 rings (SSSR count). The number of hydrogen-bond acceptors (Lipinski definition) is 4. The molecule has 1 unspecified atom stereocenters. The second-order valence-electron chi connectivity index (χ2n) is 5.19. The van der Waals surface area contributed by atoms with Crippen LogP contribution in [-0.4, -0.2) is 20.8 Å². The largest absolute Gasteiger partial charge is 0.271 e. The van der Waals surface area contributed by atoms with Crippen LogP contribution in [0.1, 0.15) is 31.3 Å². The van der Waals surface area contributed by atoms with Gasteiger partial charge in [0.2, 0.25) is 0 Å². The first-order valence-corrected chi connectivity index (χ1v) is 7.18. The molecule has 0 amide bonds. The summed E-state index contributed by atoms with van der Waals surface area (Å²) in [5, 5.41) is 4.59. The van der Waals surface area contributed by atoms with Crippen molar-refractivity contribution in [2.24, 2.45) is 5.84 Å². The van der Waals surface area contributed by atoms with Crippen LogP contribution in [0.5, 0.6) is 0 Å². The van der Waals surface area contributed by atoms with Crippen molar-refractivity contribution in [3.8, 4) is 0 Å². The summed E-state index contributed by atoms with van der Waals surface area (Å²) < 4.78 is 15.7. The molecule has 1 heterocycles. The molecule has 3 N–H and O–H groups in total. The Morgan fingerprint density at radius 1 is 1.38 bits per heavy atom. The van der Waals surface area contributed by atoms with E-state index in [-0.39, 0.29) is 17.9 Å². The number of hydrogen-bond donors (Lipinski definition) is 2. The van der Waals surface area contributed by atoms with Gasteiger partial charge in [0.1, 0.15) is 18.0 Å². The van der Waals surface area contributed by atoms with Crippen LogP contribution >= 0.6 is 11.6 Å². The molecule has 0 aliphatic rings. The first-order valence-electron chi connectivity index (χ1n) is 6.80. The minimum Gasteiger partial charge on any atom is -0.271 e. The molecule has 0 spiro atoms. The highest BCUT2D eigenvalue weighted by molar-refractivity contribution is 6.31. The third-order valence-corrected chi connectivity index (χ3v) is 3.67. The molecule has 2 aromatic rings. The molecule has 0 saturated heterocycles. The lowest BCUT2D eigenvalue weighted by atomic mass is 10.0. The summed E-state index contributed by atoms with van der Waals surface area (Å²) in [5.74, 6) is 6.07. The van der Waals surface area contributed by atoms with E-state index in [0.717, 1.165) is 5.82 Å². The average Bonchev–Trinajstić information content (AvgIpc) is 2.90. The molecule has 0 radical (unpaired) electrons. The van der Waals surface area contributed by atoms with Gasteiger partial charge in [-0.1, -0.05) is 17.7 Å². The van der Waals surface area contributed by atoms with Crippen LogP contribution in [0.25, 0.3) is 0 Å². The van der Waals surface area contributed by atoms with E-state index >= 15 is 0 Å². The highest BCUT2D eigenvalue weighted by Crippen LogP contribution is 2.21. The minimum atomic E-state index is -0.326. The molecule has 5 nitrogen and oxygen atoms in total. The van der Waals surface area contributed by atoms with Crippen molar-refractivity contribution in [3.63, 3.8) is 0 Å². The van der Waals surface area contributed by atoms with Crippen LogP contribution in [0.4, 0.5) is 4.39 Å². The molecule has 0 aliphatic carbocycles. The monoisotopic (exact) mass is 311 g/mol. The van der Waals surface area contributed by atoms with Gasteiger partial charge in [0.25, 0.3) is 0 Å². The van der Waals surface area contributed by atoms with E-state index in [4.69, 9.17) is 17.4 Å². The van der Waals surface area contributed by atoms with E-state index < -0.39 is 0 Å². The number of nitrogens with two attached hydrogens (primary N) is 1. The number of nitrogens with zero attached hydrogens (tertiary/aromatic N) is 3. The van der Waals surface area contributed by atoms with E-state index in [1.807, 2.05) is 18.5 Å². The molecule has 0 fully saturated rings. The molecule has 0 bridgehead atoms. The molecular formula is C14H19ClFN5. The van der Waals surface area contributed by atoms with E-state index in [0.29, 0.717) is 23.4 Å². The molecule has 7 heteroatoms. The van der Waals surface area contributed by atoms with Crippen LogP contribution in [0.15, 0.2) is 24.5 Å². The Labute approximate surface area is 128 Å². The number of halogens is 2. The van der Waals surface area contributed by atoms with E-state index in [1.165, 1.54) is 12.4 Å². The van der Waals surface area contributed by atoms with Crippen molar-refractivity contribution in [3.05, 3.63) is 46.8 Å². The quantitative estimate of drug-likeness (QED) is 0.634. The first-order chi connectivity index (χ1) is 10.0. The molecule has 1 aromatic heterocycles. The lowest BCUT2D eigenvalue weighted by molar-refractivity contribution is 0.454. The lowest BCUT2D eigenvalue weighted by Crippen LogP contribution is -2.39. The minimum absolute atomic E-state index is 0.180. The standard InChI is InChI=1S/C14H19ClFN5/c1-9(2)21-14(18-8-19-21)7-10(20-17)6-11-12(15)4-3-5-13(11)16/h3-5,8-10,20H,6-7,17H2,1-2H3. The summed E-state index contributed by atoms with van der Waals surface area (Å²) in [4.78, 5) is 4.24. The molecule has 114 valence electrons. The van der Waals surface area contributed by atoms with Gasteiger partial charge in [-0.05, 0) is 32.4 Å². The Balaban J connectivity index is 2.15. The zero-order valence-electron chi connectivity index (χ0n) is 12.1. The summed E-state index contributed by atoms with van der Waals surface area (Å²) in [6, 6.07) is 4.68. The summed E-state index contributed by atoms with van der Waals surface area (Å²) in [6.07, 6.45) is 2.44. The number of benzene rings is 1. The molecule has 0 aliphatic heterocycles. The van der Waals surface area contributed by atoms with Crippen LogP contribution in [0.2, 0.25) is 5.02 Å². The van der Waals surface area contributed by atoms with Gasteiger partial charge in [-0.25, -0.2) is 14.1 Å². The van der Waals surface area contributed by atoms with Crippen molar-refractivity contribution >= 4 is 11.6 Å². The maximum Gasteiger partial charge on any atom is 0.138 e. The van der Waals surface area contributed by atoms with Crippen LogP contribution in [-0.2, 0) is 12.8 Å². The van der Waals surface area contributed by atoms with E-state index in [9.17, 15) is 4.39 Å². The normalized spacial score (nSPS) is 12.9. The Morgan fingerprint density at radius 2 is 2.14 bits per heavy atom. The van der Waals surface area contributed by atoms with Gasteiger partial charge in [0.05, 0.1) is 0 Å². The van der Waals surface area contributed by atoms with Gasteiger partial charge in [-0.2, -0.15) is 5.10 Å². The molecule has 21 heavy (non-hydrogen) atoms. The zero-order valence-corrected chi connectivity index (χ0v) is 12.8. The Morgan fingerprint density at radius 3 is 2.76 bits per heavy atom. The average molecular weight is 312 g/mol. The Bertz CT molecular complexity index is 579. The number of aromatic nitrogens is 3. The number of rotatable bonds is 6. The lowest BCUT2D eigenvalue weighted by Gasteiger charge is -2.18. The SMILES string of the molecule is CC(C)n1ncnc1CC(Cc1c(F)cccc1Cl)NN. The summed E-state index contributed by atoms with van der Waals surface area (Å²) >= 11 is 6.05. The zero-order chi connectivity index (χ0) is 15.4. The highest BCUT2D eigenvalue weighted by atomic mass is 35.5. The van der Waals surface area contributed by atoms with E-state index in [1.54, 1.807) is 12.1 Å². The van der Waals surface area contributed by atoms with Crippen LogP contribution < -0.4 is 11.3 Å². The second-order valence-corrected chi connectivity index (χ2v) is 5.59. The van der Waals surface area contributed by atoms with Crippen LogP contribution in [0, 0.1) is 5.82 Å². The smallest absolute Gasteiger partial charge is 0.138 e. The van der Waals surface area contributed by atoms with Crippen molar-refractivity contribution in [2.45, 2.75) is 38.8 Å². The van der Waals surface area contributed by atoms with Gasteiger partial charge in [0, 0.05) is 29.1 Å². The van der Waals surface area contributed by atoms with Crippen LogP contribution in [0.3, 0.4) is 0 Å². The van der Waals surface area contributed by atoms with Gasteiger partial charge >= 0.3 is 0 Å². The highest BCUT2D eigenvalue weighted by Gasteiger charge is 2.18. The third kappa shape index (κ3) is 3.78. The number of hydrazine groups is 1. The predicted molar refractivity (Wildman–Crippen MR) is 80.3 cm³/mol. The van der Waals surface area contributed by atoms with Crippen molar-refractivity contribution in [1.82, 2.24) is 20.2 Å². The summed E-state index contributed by atoms with van der Waals surface area (Å²) in [5.41, 5.74) is 3.16. The topological polar surface area (TPSA) is 68.8 Å². The van der Waals surface area contributed by atoms with Crippen molar-refractivity contribution < 1.29 is 4.39 Å². The predicted octanol–water partition coefficient (Wildman–Crippen LogP) is 2.27. The molecule has 1 aromatic carbocycles. The van der Waals surface area contributed by atoms with Gasteiger partial charge < -0.3 is 0 Å². The fourth-order valence-corrected chi connectivity index (χ4v) is 2.48. The summed E-state index contributed by atoms with van der Waals surface area (Å²) in [7, 11) is 0. The van der Waals surface area contributed by atoms with Crippen molar-refractivity contribution in [2.75, 3.05) is 0 Å². The maximum atomic E-state index is 13.8. The van der Waals surface area contributed by atoms with Crippen molar-refractivity contribution in [1.29, 1.82) is 0 Å². The first kappa shape index (κ1) is 15.9. The Hall–Kier alpha value is -1.50. The molecular weight excluding hydrogens is 293 g/mol. The molecule has 0 saturated carbocycles. The maximum absolute atomic E-state index is 13.8. The van der Waals surface area contributed by atoms with Gasteiger partial charge in [0.15, 0.2) is 0 Å². The van der Waals surface area contributed by atoms with Gasteiger partial charge in [-0.3, -0.25) is 11.3 Å². The summed E-state index contributed by atoms with van der Waals surface area (Å²) in [6.45, 7) is 4.05. The second kappa shape index (κ2) is 6.98. The molecule has 1 atom stereocenters. The Kier molecular flexibility index (Phi) is 5.27. The van der Waals surface area contributed by atoms with E-state index in [2.05, 4.69) is 15.5 Å². The fourth-order valence-electron chi connectivity index (χ4n) is 2.24. The fraction of sp³-hybridized carbons (Fsp3) is 0.429. The van der Waals surface area contributed by atoms with Gasteiger partial charge in [-0.15, -0.1) is 0 Å². The third-order valence-electron chi connectivity index (χ3n) is 3.31.